The normalized spacial score (nSPS) is 10.2. The van der Waals surface area contributed by atoms with Gasteiger partial charge in [0.2, 0.25) is 5.91 Å². The molecule has 3 nitrogen and oxygen atoms in total. The van der Waals surface area contributed by atoms with Gasteiger partial charge in [-0.25, -0.2) is 4.39 Å². The quantitative estimate of drug-likeness (QED) is 0.724. The monoisotopic (exact) mass is 320 g/mol. The van der Waals surface area contributed by atoms with Crippen molar-refractivity contribution in [1.82, 2.24) is 0 Å². The maximum Gasteiger partial charge on any atom is 0.243 e. The highest BCUT2D eigenvalue weighted by Gasteiger charge is 2.08. The Morgan fingerprint density at radius 2 is 1.62 bits per heavy atom. The van der Waals surface area contributed by atoms with Crippen molar-refractivity contribution in [1.29, 1.82) is 0 Å². The predicted octanol–water partition coefficient (Wildman–Crippen LogP) is 4.54. The molecule has 0 aliphatic heterocycles. The summed E-state index contributed by atoms with van der Waals surface area (Å²) in [5.74, 6) is -0.530. The second-order valence-corrected chi connectivity index (χ2v) is 5.32. The highest BCUT2D eigenvalue weighted by Crippen LogP contribution is 2.27. The van der Waals surface area contributed by atoms with E-state index in [1.54, 1.807) is 12.1 Å². The molecule has 3 rings (SSSR count). The van der Waals surface area contributed by atoms with E-state index in [-0.39, 0.29) is 18.3 Å². The van der Waals surface area contributed by atoms with Gasteiger partial charge in [0.15, 0.2) is 0 Å². The van der Waals surface area contributed by atoms with Crippen LogP contribution in [0.5, 0.6) is 0 Å². The smallest absolute Gasteiger partial charge is 0.243 e. The molecule has 0 atom stereocenters. The lowest BCUT2D eigenvalue weighted by atomic mass is 10.0. The fourth-order valence-corrected chi connectivity index (χ4v) is 2.44. The topological polar surface area (TPSA) is 41.1 Å². The van der Waals surface area contributed by atoms with Crippen molar-refractivity contribution >= 4 is 17.3 Å². The van der Waals surface area contributed by atoms with Crippen LogP contribution in [0.15, 0.2) is 78.9 Å². The molecule has 24 heavy (non-hydrogen) atoms. The van der Waals surface area contributed by atoms with E-state index < -0.39 is 0 Å². The lowest BCUT2D eigenvalue weighted by Crippen LogP contribution is -2.22. The van der Waals surface area contributed by atoms with E-state index in [1.165, 1.54) is 12.1 Å². The Balaban J connectivity index is 1.69. The Morgan fingerprint density at radius 3 is 2.42 bits per heavy atom. The Bertz CT molecular complexity index is 834. The van der Waals surface area contributed by atoms with Gasteiger partial charge in [0.25, 0.3) is 0 Å². The van der Waals surface area contributed by atoms with E-state index in [1.807, 2.05) is 54.6 Å². The van der Waals surface area contributed by atoms with E-state index in [0.29, 0.717) is 5.69 Å². The highest BCUT2D eigenvalue weighted by atomic mass is 19.1. The average molecular weight is 320 g/mol. The van der Waals surface area contributed by atoms with Gasteiger partial charge in [-0.15, -0.1) is 0 Å². The highest BCUT2D eigenvalue weighted by molar-refractivity contribution is 5.97. The third-order valence-electron chi connectivity index (χ3n) is 3.56. The number of amides is 1. The van der Waals surface area contributed by atoms with Crippen LogP contribution in [-0.4, -0.2) is 12.5 Å². The zero-order valence-corrected chi connectivity index (χ0v) is 13.0. The number of halogens is 1. The van der Waals surface area contributed by atoms with Gasteiger partial charge in [0.05, 0.1) is 6.54 Å². The Hall–Kier alpha value is -3.14. The second kappa shape index (κ2) is 7.42. The molecule has 3 aromatic rings. The van der Waals surface area contributed by atoms with E-state index in [0.717, 1.165) is 16.8 Å². The molecule has 1 amide bonds. The second-order valence-electron chi connectivity index (χ2n) is 5.32. The summed E-state index contributed by atoms with van der Waals surface area (Å²) >= 11 is 0. The molecule has 0 unspecified atom stereocenters. The minimum Gasteiger partial charge on any atom is -0.376 e. The van der Waals surface area contributed by atoms with Crippen molar-refractivity contribution in [2.24, 2.45) is 0 Å². The van der Waals surface area contributed by atoms with Crippen LogP contribution in [0.1, 0.15) is 0 Å². The van der Waals surface area contributed by atoms with Crippen molar-refractivity contribution in [2.75, 3.05) is 17.2 Å². The van der Waals surface area contributed by atoms with Gasteiger partial charge in [-0.1, -0.05) is 54.6 Å². The fraction of sp³-hybridized carbons (Fsp3) is 0.0500. The maximum absolute atomic E-state index is 13.1. The number of carbonyl (C=O) groups is 1. The minimum atomic E-state index is -0.338. The van der Waals surface area contributed by atoms with Gasteiger partial charge in [-0.05, 0) is 29.8 Å². The molecule has 2 N–H and O–H groups in total. The van der Waals surface area contributed by atoms with Gasteiger partial charge >= 0.3 is 0 Å². The molecular weight excluding hydrogens is 303 g/mol. The molecule has 120 valence electrons. The SMILES string of the molecule is O=C(CNc1cccc(F)c1)Nc1ccccc1-c1ccccc1. The number of hydrogen-bond acceptors (Lipinski definition) is 2. The van der Waals surface area contributed by atoms with Crippen LogP contribution >= 0.6 is 0 Å². The van der Waals surface area contributed by atoms with Crippen molar-refractivity contribution in [2.45, 2.75) is 0 Å². The summed E-state index contributed by atoms with van der Waals surface area (Å²) in [6.07, 6.45) is 0. The first-order valence-corrected chi connectivity index (χ1v) is 7.66. The van der Waals surface area contributed by atoms with E-state index in [9.17, 15) is 9.18 Å². The molecule has 0 saturated carbocycles. The number of rotatable bonds is 5. The number of hydrogen-bond donors (Lipinski definition) is 2. The van der Waals surface area contributed by atoms with Crippen LogP contribution in [0.4, 0.5) is 15.8 Å². The third kappa shape index (κ3) is 3.98. The van der Waals surface area contributed by atoms with Gasteiger partial charge in [-0.3, -0.25) is 4.79 Å². The lowest BCUT2D eigenvalue weighted by molar-refractivity contribution is -0.114. The molecule has 0 saturated heterocycles. The van der Waals surface area contributed by atoms with Gasteiger partial charge < -0.3 is 10.6 Å². The number of para-hydroxylation sites is 1. The molecule has 4 heteroatoms. The molecule has 3 aromatic carbocycles. The van der Waals surface area contributed by atoms with Crippen LogP contribution in [0.25, 0.3) is 11.1 Å². The summed E-state index contributed by atoms with van der Waals surface area (Å²) in [4.78, 5) is 12.2. The van der Waals surface area contributed by atoms with E-state index in [2.05, 4.69) is 10.6 Å². The lowest BCUT2D eigenvalue weighted by Gasteiger charge is -2.12. The average Bonchev–Trinajstić information content (AvgIpc) is 2.61. The van der Waals surface area contributed by atoms with E-state index in [4.69, 9.17) is 0 Å². The number of anilines is 2. The zero-order chi connectivity index (χ0) is 16.8. The predicted molar refractivity (Wildman–Crippen MR) is 95.4 cm³/mol. The van der Waals surface area contributed by atoms with Crippen molar-refractivity contribution in [3.8, 4) is 11.1 Å². The Labute approximate surface area is 140 Å². The van der Waals surface area contributed by atoms with Crippen LogP contribution in [0, 0.1) is 5.82 Å². The van der Waals surface area contributed by atoms with Crippen LogP contribution in [0.3, 0.4) is 0 Å². The standard InChI is InChI=1S/C20H17FN2O/c21-16-9-6-10-17(13-16)22-14-20(24)23-19-12-5-4-11-18(19)15-7-2-1-3-8-15/h1-13,22H,14H2,(H,23,24). The summed E-state index contributed by atoms with van der Waals surface area (Å²) < 4.78 is 13.1. The van der Waals surface area contributed by atoms with Crippen molar-refractivity contribution < 1.29 is 9.18 Å². The van der Waals surface area contributed by atoms with Crippen LogP contribution < -0.4 is 10.6 Å². The van der Waals surface area contributed by atoms with E-state index >= 15 is 0 Å². The maximum atomic E-state index is 13.1. The van der Waals surface area contributed by atoms with Gasteiger partial charge in [-0.2, -0.15) is 0 Å². The largest absolute Gasteiger partial charge is 0.376 e. The van der Waals surface area contributed by atoms with Crippen molar-refractivity contribution in [3.05, 3.63) is 84.7 Å². The Morgan fingerprint density at radius 1 is 0.875 bits per heavy atom. The number of nitrogens with one attached hydrogen (secondary N) is 2. The molecule has 0 aromatic heterocycles. The molecule has 0 aliphatic rings. The molecular formula is C20H17FN2O. The summed E-state index contributed by atoms with van der Waals surface area (Å²) in [5, 5.41) is 5.81. The van der Waals surface area contributed by atoms with Gasteiger partial charge in [0.1, 0.15) is 5.82 Å². The minimum absolute atomic E-state index is 0.0621. The molecule has 0 radical (unpaired) electrons. The Kier molecular flexibility index (Phi) is 4.87. The molecule has 0 fully saturated rings. The first kappa shape index (κ1) is 15.7. The van der Waals surface area contributed by atoms with Crippen LogP contribution in [-0.2, 0) is 4.79 Å². The molecule has 0 bridgehead atoms. The number of carbonyl (C=O) groups excluding carboxylic acids is 1. The summed E-state index contributed by atoms with van der Waals surface area (Å²) in [6, 6.07) is 23.5. The molecule has 0 aliphatic carbocycles. The first-order valence-electron chi connectivity index (χ1n) is 7.66. The third-order valence-corrected chi connectivity index (χ3v) is 3.56. The van der Waals surface area contributed by atoms with Crippen LogP contribution in [0.2, 0.25) is 0 Å². The summed E-state index contributed by atoms with van der Waals surface area (Å²) in [6.45, 7) is 0.0621. The zero-order valence-electron chi connectivity index (χ0n) is 13.0. The molecule has 0 spiro atoms. The summed E-state index contributed by atoms with van der Waals surface area (Å²) in [5.41, 5.74) is 3.31. The van der Waals surface area contributed by atoms with Crippen molar-refractivity contribution in [3.63, 3.8) is 0 Å². The fourth-order valence-electron chi connectivity index (χ4n) is 2.44. The summed E-state index contributed by atoms with van der Waals surface area (Å²) in [7, 11) is 0. The van der Waals surface area contributed by atoms with Gasteiger partial charge in [0, 0.05) is 16.9 Å². The first-order chi connectivity index (χ1) is 11.7. The molecule has 0 heterocycles. The number of benzene rings is 3.